The van der Waals surface area contributed by atoms with Gasteiger partial charge in [-0.25, -0.2) is 0 Å². The molecule has 2 aromatic carbocycles. The van der Waals surface area contributed by atoms with E-state index in [1.165, 1.54) is 21.9 Å². The average Bonchev–Trinajstić information content (AvgIpc) is 2.66. The minimum Gasteiger partial charge on any atom is -0.456 e. The van der Waals surface area contributed by atoms with Crippen LogP contribution in [0.2, 0.25) is 0 Å². The van der Waals surface area contributed by atoms with Gasteiger partial charge in [0.25, 0.3) is 0 Å². The molecule has 0 radical (unpaired) electrons. The van der Waals surface area contributed by atoms with Gasteiger partial charge in [0.05, 0.1) is 0 Å². The van der Waals surface area contributed by atoms with Crippen LogP contribution < -0.4 is 0 Å². The molecule has 1 aromatic heterocycles. The van der Waals surface area contributed by atoms with Gasteiger partial charge < -0.3 is 4.42 Å². The standard InChI is InChI=1S/C16H16O/c1-10(2)12-5-6-13-14-8-11(3)4-7-15(14)17-16(13)9-12/h4-10H,1-3H3. The summed E-state index contributed by atoms with van der Waals surface area (Å²) < 4.78 is 5.90. The van der Waals surface area contributed by atoms with Crippen LogP contribution in [-0.2, 0) is 0 Å². The Kier molecular flexibility index (Phi) is 2.22. The van der Waals surface area contributed by atoms with Crippen LogP contribution in [0.25, 0.3) is 21.9 Å². The summed E-state index contributed by atoms with van der Waals surface area (Å²) in [6.07, 6.45) is 0. The second-order valence-corrected chi connectivity index (χ2v) is 5.01. The first-order valence-electron chi connectivity index (χ1n) is 6.08. The molecule has 1 heteroatoms. The molecular formula is C16H16O. The topological polar surface area (TPSA) is 13.1 Å². The number of furan rings is 1. The van der Waals surface area contributed by atoms with Gasteiger partial charge in [0.1, 0.15) is 11.2 Å². The minimum atomic E-state index is 0.536. The molecule has 0 aliphatic rings. The summed E-state index contributed by atoms with van der Waals surface area (Å²) in [6, 6.07) is 12.9. The first-order valence-corrected chi connectivity index (χ1v) is 6.08. The summed E-state index contributed by atoms with van der Waals surface area (Å²) in [5, 5.41) is 2.43. The van der Waals surface area contributed by atoms with E-state index in [0.29, 0.717) is 5.92 Å². The van der Waals surface area contributed by atoms with Gasteiger partial charge in [0.2, 0.25) is 0 Å². The lowest BCUT2D eigenvalue weighted by Gasteiger charge is -2.03. The molecule has 0 aliphatic carbocycles. The molecule has 0 saturated carbocycles. The highest BCUT2D eigenvalue weighted by Gasteiger charge is 2.08. The summed E-state index contributed by atoms with van der Waals surface area (Å²) in [4.78, 5) is 0. The van der Waals surface area contributed by atoms with Gasteiger partial charge in [-0.3, -0.25) is 0 Å². The summed E-state index contributed by atoms with van der Waals surface area (Å²) in [6.45, 7) is 6.52. The van der Waals surface area contributed by atoms with Crippen molar-refractivity contribution in [1.82, 2.24) is 0 Å². The van der Waals surface area contributed by atoms with Crippen molar-refractivity contribution >= 4 is 21.9 Å². The Hall–Kier alpha value is -1.76. The quantitative estimate of drug-likeness (QED) is 0.565. The molecule has 17 heavy (non-hydrogen) atoms. The maximum atomic E-state index is 5.90. The lowest BCUT2D eigenvalue weighted by molar-refractivity contribution is 0.667. The molecule has 0 spiro atoms. The molecule has 86 valence electrons. The van der Waals surface area contributed by atoms with E-state index in [-0.39, 0.29) is 0 Å². The second kappa shape index (κ2) is 3.63. The molecule has 0 atom stereocenters. The van der Waals surface area contributed by atoms with Crippen molar-refractivity contribution in [3.63, 3.8) is 0 Å². The Bertz CT molecular complexity index is 689. The van der Waals surface area contributed by atoms with Crippen LogP contribution in [0.5, 0.6) is 0 Å². The Labute approximate surface area is 101 Å². The van der Waals surface area contributed by atoms with Gasteiger partial charge in [-0.05, 0) is 36.6 Å². The third-order valence-corrected chi connectivity index (χ3v) is 3.32. The first kappa shape index (κ1) is 10.4. The lowest BCUT2D eigenvalue weighted by atomic mass is 10.0. The van der Waals surface area contributed by atoms with Crippen LogP contribution in [0.3, 0.4) is 0 Å². The Morgan fingerprint density at radius 3 is 2.47 bits per heavy atom. The Morgan fingerprint density at radius 2 is 1.71 bits per heavy atom. The second-order valence-electron chi connectivity index (χ2n) is 5.01. The van der Waals surface area contributed by atoms with Crippen LogP contribution >= 0.6 is 0 Å². The molecule has 0 bridgehead atoms. The number of rotatable bonds is 1. The summed E-state index contributed by atoms with van der Waals surface area (Å²) in [5.74, 6) is 0.536. The van der Waals surface area contributed by atoms with E-state index >= 15 is 0 Å². The van der Waals surface area contributed by atoms with Crippen molar-refractivity contribution in [1.29, 1.82) is 0 Å². The van der Waals surface area contributed by atoms with E-state index in [0.717, 1.165) is 11.2 Å². The SMILES string of the molecule is Cc1ccc2oc3cc(C(C)C)ccc3c2c1. The van der Waals surface area contributed by atoms with Gasteiger partial charge in [0.15, 0.2) is 0 Å². The third kappa shape index (κ3) is 1.62. The van der Waals surface area contributed by atoms with Crippen LogP contribution in [0.4, 0.5) is 0 Å². The van der Waals surface area contributed by atoms with Gasteiger partial charge in [-0.1, -0.05) is 37.6 Å². The number of aryl methyl sites for hydroxylation is 1. The smallest absolute Gasteiger partial charge is 0.135 e. The summed E-state index contributed by atoms with van der Waals surface area (Å²) in [5.41, 5.74) is 4.57. The third-order valence-electron chi connectivity index (χ3n) is 3.32. The average molecular weight is 224 g/mol. The first-order chi connectivity index (χ1) is 8.15. The van der Waals surface area contributed by atoms with E-state index in [1.54, 1.807) is 0 Å². The highest BCUT2D eigenvalue weighted by Crippen LogP contribution is 2.31. The van der Waals surface area contributed by atoms with E-state index in [1.807, 2.05) is 0 Å². The Morgan fingerprint density at radius 1 is 0.882 bits per heavy atom. The summed E-state index contributed by atoms with van der Waals surface area (Å²) in [7, 11) is 0. The van der Waals surface area contributed by atoms with Crippen LogP contribution in [0.15, 0.2) is 40.8 Å². The zero-order valence-electron chi connectivity index (χ0n) is 10.4. The highest BCUT2D eigenvalue weighted by atomic mass is 16.3. The molecule has 3 rings (SSSR count). The molecule has 0 saturated heterocycles. The van der Waals surface area contributed by atoms with Crippen molar-refractivity contribution in [3.8, 4) is 0 Å². The van der Waals surface area contributed by atoms with E-state index < -0.39 is 0 Å². The number of benzene rings is 2. The summed E-state index contributed by atoms with van der Waals surface area (Å²) >= 11 is 0. The number of fused-ring (bicyclic) bond motifs is 3. The van der Waals surface area contributed by atoms with Crippen molar-refractivity contribution < 1.29 is 4.42 Å². The maximum absolute atomic E-state index is 5.90. The van der Waals surface area contributed by atoms with Crippen LogP contribution in [0, 0.1) is 6.92 Å². The van der Waals surface area contributed by atoms with Crippen LogP contribution in [-0.4, -0.2) is 0 Å². The van der Waals surface area contributed by atoms with Crippen molar-refractivity contribution in [2.75, 3.05) is 0 Å². The van der Waals surface area contributed by atoms with E-state index in [9.17, 15) is 0 Å². The number of hydrogen-bond donors (Lipinski definition) is 0. The highest BCUT2D eigenvalue weighted by molar-refractivity contribution is 6.05. The van der Waals surface area contributed by atoms with Crippen molar-refractivity contribution in [2.45, 2.75) is 26.7 Å². The largest absolute Gasteiger partial charge is 0.456 e. The molecule has 1 nitrogen and oxygen atoms in total. The van der Waals surface area contributed by atoms with Gasteiger partial charge in [-0.15, -0.1) is 0 Å². The van der Waals surface area contributed by atoms with Gasteiger partial charge in [-0.2, -0.15) is 0 Å². The van der Waals surface area contributed by atoms with Gasteiger partial charge >= 0.3 is 0 Å². The fourth-order valence-corrected chi connectivity index (χ4v) is 2.27. The molecule has 0 aliphatic heterocycles. The Balaban J connectivity index is 2.36. The van der Waals surface area contributed by atoms with Gasteiger partial charge in [0, 0.05) is 10.8 Å². The lowest BCUT2D eigenvalue weighted by Crippen LogP contribution is -1.85. The predicted molar refractivity (Wildman–Crippen MR) is 72.5 cm³/mol. The molecule has 0 N–H and O–H groups in total. The maximum Gasteiger partial charge on any atom is 0.135 e. The zero-order valence-corrected chi connectivity index (χ0v) is 10.4. The van der Waals surface area contributed by atoms with Crippen LogP contribution in [0.1, 0.15) is 30.9 Å². The molecule has 1 heterocycles. The fourth-order valence-electron chi connectivity index (χ4n) is 2.27. The minimum absolute atomic E-state index is 0.536. The molecule has 0 unspecified atom stereocenters. The van der Waals surface area contributed by atoms with E-state index in [4.69, 9.17) is 4.42 Å². The molecule has 0 fully saturated rings. The van der Waals surface area contributed by atoms with E-state index in [2.05, 4.69) is 57.2 Å². The molecular weight excluding hydrogens is 208 g/mol. The molecule has 3 aromatic rings. The normalized spacial score (nSPS) is 11.8. The number of hydrogen-bond acceptors (Lipinski definition) is 1. The molecule has 0 amide bonds. The fraction of sp³-hybridized carbons (Fsp3) is 0.250. The monoisotopic (exact) mass is 224 g/mol. The van der Waals surface area contributed by atoms with Crippen molar-refractivity contribution in [3.05, 3.63) is 47.5 Å². The van der Waals surface area contributed by atoms with Crippen molar-refractivity contribution in [2.24, 2.45) is 0 Å². The predicted octanol–water partition coefficient (Wildman–Crippen LogP) is 5.02. The zero-order chi connectivity index (χ0) is 12.0.